The minimum Gasteiger partial charge on any atom is -0.497 e. The van der Waals surface area contributed by atoms with Crippen molar-refractivity contribution in [1.29, 1.82) is 0 Å². The van der Waals surface area contributed by atoms with Crippen molar-refractivity contribution < 1.29 is 9.26 Å². The van der Waals surface area contributed by atoms with Gasteiger partial charge in [-0.05, 0) is 24.1 Å². The Balaban J connectivity index is 1.64. The second-order valence-corrected chi connectivity index (χ2v) is 4.73. The second kappa shape index (κ2) is 6.22. The van der Waals surface area contributed by atoms with Gasteiger partial charge in [-0.2, -0.15) is 4.98 Å². The van der Waals surface area contributed by atoms with Gasteiger partial charge in [-0.3, -0.25) is 0 Å². The third-order valence-corrected chi connectivity index (χ3v) is 3.29. The number of rotatable bonds is 5. The summed E-state index contributed by atoms with van der Waals surface area (Å²) in [7, 11) is 1.67. The van der Waals surface area contributed by atoms with E-state index in [0.29, 0.717) is 11.7 Å². The van der Waals surface area contributed by atoms with Crippen LogP contribution in [0.5, 0.6) is 5.75 Å². The Hall–Kier alpha value is -2.62. The fraction of sp³-hybridized carbons (Fsp3) is 0.176. The van der Waals surface area contributed by atoms with Gasteiger partial charge in [0.2, 0.25) is 11.7 Å². The Labute approximate surface area is 123 Å². The zero-order chi connectivity index (χ0) is 14.5. The van der Waals surface area contributed by atoms with Crippen molar-refractivity contribution in [3.05, 3.63) is 66.1 Å². The van der Waals surface area contributed by atoms with Crippen molar-refractivity contribution in [2.75, 3.05) is 7.11 Å². The SMILES string of the molecule is COc1ccc(CCc2nc(-c3ccccc3)no2)cc1. The summed E-state index contributed by atoms with van der Waals surface area (Å²) in [6.07, 6.45) is 1.59. The van der Waals surface area contributed by atoms with Crippen LogP contribution >= 0.6 is 0 Å². The maximum atomic E-state index is 5.30. The zero-order valence-electron chi connectivity index (χ0n) is 11.8. The average molecular weight is 280 g/mol. The Bertz CT molecular complexity index is 690. The molecular formula is C17H16N2O2. The molecule has 0 aliphatic carbocycles. The normalized spacial score (nSPS) is 10.5. The lowest BCUT2D eigenvalue weighted by Gasteiger charge is -2.01. The van der Waals surface area contributed by atoms with Crippen molar-refractivity contribution in [1.82, 2.24) is 10.1 Å². The number of ether oxygens (including phenoxy) is 1. The summed E-state index contributed by atoms with van der Waals surface area (Å²) in [5.74, 6) is 2.16. The molecule has 0 bridgehead atoms. The molecule has 21 heavy (non-hydrogen) atoms. The van der Waals surface area contributed by atoms with Gasteiger partial charge >= 0.3 is 0 Å². The third kappa shape index (κ3) is 3.28. The van der Waals surface area contributed by atoms with Crippen LogP contribution < -0.4 is 4.74 Å². The fourth-order valence-corrected chi connectivity index (χ4v) is 2.10. The number of aryl methyl sites for hydroxylation is 2. The zero-order valence-corrected chi connectivity index (χ0v) is 11.8. The molecule has 1 heterocycles. The Morgan fingerprint density at radius 3 is 2.43 bits per heavy atom. The highest BCUT2D eigenvalue weighted by Crippen LogP contribution is 2.16. The second-order valence-electron chi connectivity index (χ2n) is 4.73. The number of nitrogens with zero attached hydrogens (tertiary/aromatic N) is 2. The molecule has 0 fully saturated rings. The molecule has 3 rings (SSSR count). The van der Waals surface area contributed by atoms with Gasteiger partial charge in [0.1, 0.15) is 5.75 Å². The first-order valence-corrected chi connectivity index (χ1v) is 6.86. The van der Waals surface area contributed by atoms with Gasteiger partial charge < -0.3 is 9.26 Å². The quantitative estimate of drug-likeness (QED) is 0.717. The number of hydrogen-bond acceptors (Lipinski definition) is 4. The minimum atomic E-state index is 0.639. The molecule has 0 N–H and O–H groups in total. The van der Waals surface area contributed by atoms with E-state index >= 15 is 0 Å². The van der Waals surface area contributed by atoms with Crippen LogP contribution in [0.1, 0.15) is 11.5 Å². The molecular weight excluding hydrogens is 264 g/mol. The molecule has 0 radical (unpaired) electrons. The average Bonchev–Trinajstić information content (AvgIpc) is 3.03. The van der Waals surface area contributed by atoms with Gasteiger partial charge in [0.25, 0.3) is 0 Å². The lowest BCUT2D eigenvalue weighted by Crippen LogP contribution is -1.92. The number of hydrogen-bond donors (Lipinski definition) is 0. The van der Waals surface area contributed by atoms with Crippen molar-refractivity contribution in [2.45, 2.75) is 12.8 Å². The van der Waals surface area contributed by atoms with Gasteiger partial charge in [0, 0.05) is 12.0 Å². The van der Waals surface area contributed by atoms with Crippen LogP contribution in [0, 0.1) is 0 Å². The standard InChI is InChI=1S/C17H16N2O2/c1-20-15-10-7-13(8-11-15)9-12-16-18-17(19-21-16)14-5-3-2-4-6-14/h2-8,10-11H,9,12H2,1H3. The first-order valence-electron chi connectivity index (χ1n) is 6.86. The largest absolute Gasteiger partial charge is 0.497 e. The highest BCUT2D eigenvalue weighted by Gasteiger charge is 2.08. The van der Waals surface area contributed by atoms with E-state index in [-0.39, 0.29) is 0 Å². The van der Waals surface area contributed by atoms with E-state index in [4.69, 9.17) is 9.26 Å². The van der Waals surface area contributed by atoms with Crippen LogP contribution in [0.15, 0.2) is 59.1 Å². The molecule has 1 aromatic heterocycles. The van der Waals surface area contributed by atoms with E-state index < -0.39 is 0 Å². The van der Waals surface area contributed by atoms with Crippen LogP contribution in [0.4, 0.5) is 0 Å². The van der Waals surface area contributed by atoms with E-state index in [1.165, 1.54) is 5.56 Å². The Morgan fingerprint density at radius 2 is 1.71 bits per heavy atom. The molecule has 0 amide bonds. The molecule has 0 aliphatic rings. The fourth-order valence-electron chi connectivity index (χ4n) is 2.10. The maximum absolute atomic E-state index is 5.30. The van der Waals surface area contributed by atoms with Crippen LogP contribution in [-0.2, 0) is 12.8 Å². The van der Waals surface area contributed by atoms with E-state index in [1.54, 1.807) is 7.11 Å². The maximum Gasteiger partial charge on any atom is 0.227 e. The molecule has 0 aliphatic heterocycles. The molecule has 0 saturated carbocycles. The summed E-state index contributed by atoms with van der Waals surface area (Å²) in [5.41, 5.74) is 2.19. The first kappa shape index (κ1) is 13.4. The molecule has 4 heteroatoms. The van der Waals surface area contributed by atoms with Gasteiger partial charge in [-0.15, -0.1) is 0 Å². The summed E-state index contributed by atoms with van der Waals surface area (Å²) in [5, 5.41) is 4.02. The molecule has 0 unspecified atom stereocenters. The molecule has 0 atom stereocenters. The third-order valence-electron chi connectivity index (χ3n) is 3.29. The van der Waals surface area contributed by atoms with Gasteiger partial charge in [0.15, 0.2) is 0 Å². The van der Waals surface area contributed by atoms with Crippen LogP contribution in [-0.4, -0.2) is 17.3 Å². The summed E-state index contributed by atoms with van der Waals surface area (Å²) in [6, 6.07) is 17.8. The lowest BCUT2D eigenvalue weighted by molar-refractivity contribution is 0.379. The van der Waals surface area contributed by atoms with Crippen LogP contribution in [0.2, 0.25) is 0 Å². The molecule has 2 aromatic carbocycles. The van der Waals surface area contributed by atoms with E-state index in [9.17, 15) is 0 Å². The Kier molecular flexibility index (Phi) is 3.96. The summed E-state index contributed by atoms with van der Waals surface area (Å²) < 4.78 is 10.4. The van der Waals surface area contributed by atoms with E-state index in [2.05, 4.69) is 10.1 Å². The highest BCUT2D eigenvalue weighted by atomic mass is 16.5. The predicted molar refractivity (Wildman–Crippen MR) is 80.1 cm³/mol. The lowest BCUT2D eigenvalue weighted by atomic mass is 10.1. The van der Waals surface area contributed by atoms with E-state index in [0.717, 1.165) is 24.2 Å². The summed E-state index contributed by atoms with van der Waals surface area (Å²) in [6.45, 7) is 0. The minimum absolute atomic E-state index is 0.639. The van der Waals surface area contributed by atoms with Crippen LogP contribution in [0.3, 0.4) is 0 Å². The topological polar surface area (TPSA) is 48.2 Å². The molecule has 0 saturated heterocycles. The summed E-state index contributed by atoms with van der Waals surface area (Å²) >= 11 is 0. The smallest absolute Gasteiger partial charge is 0.227 e. The number of aromatic nitrogens is 2. The molecule has 3 aromatic rings. The van der Waals surface area contributed by atoms with Crippen molar-refractivity contribution >= 4 is 0 Å². The molecule has 0 spiro atoms. The van der Waals surface area contributed by atoms with Crippen molar-refractivity contribution in [3.63, 3.8) is 0 Å². The Morgan fingerprint density at radius 1 is 0.952 bits per heavy atom. The monoisotopic (exact) mass is 280 g/mol. The van der Waals surface area contributed by atoms with Crippen molar-refractivity contribution in [3.8, 4) is 17.1 Å². The van der Waals surface area contributed by atoms with E-state index in [1.807, 2.05) is 54.6 Å². The number of benzene rings is 2. The van der Waals surface area contributed by atoms with Crippen LogP contribution in [0.25, 0.3) is 11.4 Å². The van der Waals surface area contributed by atoms with Gasteiger partial charge in [0.05, 0.1) is 7.11 Å². The highest BCUT2D eigenvalue weighted by molar-refractivity contribution is 5.53. The van der Waals surface area contributed by atoms with Gasteiger partial charge in [-0.25, -0.2) is 0 Å². The molecule has 106 valence electrons. The summed E-state index contributed by atoms with van der Waals surface area (Å²) in [4.78, 5) is 4.43. The van der Waals surface area contributed by atoms with Gasteiger partial charge in [-0.1, -0.05) is 47.6 Å². The predicted octanol–water partition coefficient (Wildman–Crippen LogP) is 3.53. The molecule has 4 nitrogen and oxygen atoms in total. The number of methoxy groups -OCH3 is 1. The van der Waals surface area contributed by atoms with Crippen molar-refractivity contribution in [2.24, 2.45) is 0 Å². The first-order chi connectivity index (χ1) is 10.3.